The Labute approximate surface area is 166 Å². The number of halogens is 2. The molecule has 0 saturated carbocycles. The molecule has 140 valence electrons. The summed E-state index contributed by atoms with van der Waals surface area (Å²) < 4.78 is 13.0. The van der Waals surface area contributed by atoms with Crippen LogP contribution in [-0.4, -0.2) is 28.0 Å². The highest BCUT2D eigenvalue weighted by Gasteiger charge is 2.07. The summed E-state index contributed by atoms with van der Waals surface area (Å²) in [6.45, 7) is 1.40. The Balaban J connectivity index is 1.43. The molecule has 0 saturated heterocycles. The molecule has 2 aromatic carbocycles. The molecule has 0 bridgehead atoms. The predicted molar refractivity (Wildman–Crippen MR) is 111 cm³/mol. The minimum absolute atomic E-state index is 0.211. The summed E-state index contributed by atoms with van der Waals surface area (Å²) in [5.41, 5.74) is 2.34. The number of nitrogens with one attached hydrogen (secondary N) is 1. The van der Waals surface area contributed by atoms with Gasteiger partial charge >= 0.3 is 0 Å². The van der Waals surface area contributed by atoms with Gasteiger partial charge < -0.3 is 9.88 Å². The molecule has 4 rings (SSSR count). The second-order valence-electron chi connectivity index (χ2n) is 6.43. The van der Waals surface area contributed by atoms with Crippen LogP contribution in [-0.2, 0) is 0 Å². The van der Waals surface area contributed by atoms with Crippen molar-refractivity contribution >= 4 is 34.2 Å². The maximum Gasteiger partial charge on any atom is 0.259 e. The average Bonchev–Trinajstić information content (AvgIpc) is 2.70. The minimum atomic E-state index is -0.238. The van der Waals surface area contributed by atoms with Gasteiger partial charge in [-0.3, -0.25) is 4.79 Å². The Hall–Kier alpha value is -3.18. The van der Waals surface area contributed by atoms with E-state index in [1.54, 1.807) is 36.4 Å². The van der Waals surface area contributed by atoms with Gasteiger partial charge in [0.25, 0.3) is 5.56 Å². The predicted octanol–water partition coefficient (Wildman–Crippen LogP) is 4.64. The van der Waals surface area contributed by atoms with Crippen LogP contribution in [0.4, 0.5) is 4.39 Å². The number of aromatic amines is 1. The van der Waals surface area contributed by atoms with Crippen molar-refractivity contribution in [3.05, 3.63) is 99.5 Å². The molecule has 2 heterocycles. The molecule has 1 aliphatic heterocycles. The number of nitrogens with zero attached hydrogens (tertiary/aromatic N) is 2. The van der Waals surface area contributed by atoms with Gasteiger partial charge in [-0.25, -0.2) is 9.37 Å². The van der Waals surface area contributed by atoms with Gasteiger partial charge in [-0.15, -0.1) is 0 Å². The summed E-state index contributed by atoms with van der Waals surface area (Å²) >= 11 is 6.15. The average molecular weight is 394 g/mol. The van der Waals surface area contributed by atoms with Crippen LogP contribution in [0.5, 0.6) is 0 Å². The molecule has 0 fully saturated rings. The van der Waals surface area contributed by atoms with E-state index in [0.717, 1.165) is 17.7 Å². The van der Waals surface area contributed by atoms with Gasteiger partial charge in [-0.1, -0.05) is 42.0 Å². The fraction of sp³-hybridized carbons (Fsp3) is 0.0909. The van der Waals surface area contributed by atoms with E-state index in [4.69, 9.17) is 11.6 Å². The lowest BCUT2D eigenvalue weighted by Crippen LogP contribution is -2.19. The summed E-state index contributed by atoms with van der Waals surface area (Å²) in [5.74, 6) is 0.228. The maximum atomic E-state index is 13.0. The van der Waals surface area contributed by atoms with Gasteiger partial charge in [-0.05, 0) is 47.6 Å². The van der Waals surface area contributed by atoms with Crippen LogP contribution < -0.4 is 5.56 Å². The summed E-state index contributed by atoms with van der Waals surface area (Å²) in [6.07, 6.45) is 9.80. The first-order valence-corrected chi connectivity index (χ1v) is 9.21. The van der Waals surface area contributed by atoms with Crippen molar-refractivity contribution < 1.29 is 4.39 Å². The number of hydrogen-bond acceptors (Lipinski definition) is 3. The Kier molecular flexibility index (Phi) is 5.08. The zero-order valence-electron chi connectivity index (χ0n) is 14.9. The molecule has 28 heavy (non-hydrogen) atoms. The van der Waals surface area contributed by atoms with E-state index in [0.29, 0.717) is 28.3 Å². The summed E-state index contributed by atoms with van der Waals surface area (Å²) in [5, 5.41) is 0.928. The largest absolute Gasteiger partial charge is 0.370 e. The molecule has 0 unspecified atom stereocenters. The van der Waals surface area contributed by atoms with E-state index in [1.165, 1.54) is 12.1 Å². The molecule has 1 aliphatic rings. The van der Waals surface area contributed by atoms with Crippen molar-refractivity contribution in [1.82, 2.24) is 14.9 Å². The van der Waals surface area contributed by atoms with E-state index in [-0.39, 0.29) is 11.4 Å². The molecule has 0 atom stereocenters. The van der Waals surface area contributed by atoms with Crippen molar-refractivity contribution in [3.8, 4) is 0 Å². The number of allylic oxidation sites excluding steroid dienone is 2. The summed E-state index contributed by atoms with van der Waals surface area (Å²) in [7, 11) is 0. The third kappa shape index (κ3) is 3.89. The summed E-state index contributed by atoms with van der Waals surface area (Å²) in [4.78, 5) is 21.5. The lowest BCUT2D eigenvalue weighted by Gasteiger charge is -2.21. The zero-order valence-corrected chi connectivity index (χ0v) is 15.7. The number of benzene rings is 2. The van der Waals surface area contributed by atoms with Crippen molar-refractivity contribution in [1.29, 1.82) is 0 Å². The first-order chi connectivity index (χ1) is 13.6. The van der Waals surface area contributed by atoms with Gasteiger partial charge in [-0.2, -0.15) is 0 Å². The normalized spacial score (nSPS) is 14.1. The van der Waals surface area contributed by atoms with Crippen molar-refractivity contribution in [2.75, 3.05) is 13.1 Å². The van der Waals surface area contributed by atoms with Crippen molar-refractivity contribution in [2.24, 2.45) is 0 Å². The number of rotatable bonds is 4. The highest BCUT2D eigenvalue weighted by atomic mass is 35.5. The SMILES string of the molecule is O=c1[nH]c(/C=C/CN2C=CC(c3ccc(F)cc3)=CC2)nc2c(Cl)cccc12. The second kappa shape index (κ2) is 7.82. The number of hydrogen-bond donors (Lipinski definition) is 1. The smallest absolute Gasteiger partial charge is 0.259 e. The Morgan fingerprint density at radius 1 is 1.21 bits per heavy atom. The van der Waals surface area contributed by atoms with Crippen molar-refractivity contribution in [2.45, 2.75) is 0 Å². The zero-order chi connectivity index (χ0) is 19.5. The fourth-order valence-electron chi connectivity index (χ4n) is 3.04. The van der Waals surface area contributed by atoms with Gasteiger partial charge in [0.2, 0.25) is 0 Å². The topological polar surface area (TPSA) is 49.0 Å². The maximum absolute atomic E-state index is 13.0. The van der Waals surface area contributed by atoms with Crippen LogP contribution in [0.1, 0.15) is 11.4 Å². The Morgan fingerprint density at radius 3 is 2.79 bits per heavy atom. The van der Waals surface area contributed by atoms with E-state index < -0.39 is 0 Å². The molecule has 0 aliphatic carbocycles. The van der Waals surface area contributed by atoms with Crippen LogP contribution in [0, 0.1) is 5.82 Å². The number of aromatic nitrogens is 2. The van der Waals surface area contributed by atoms with Crippen LogP contribution in [0.15, 0.2) is 71.7 Å². The van der Waals surface area contributed by atoms with Crippen LogP contribution in [0.3, 0.4) is 0 Å². The molecule has 4 nitrogen and oxygen atoms in total. The first-order valence-electron chi connectivity index (χ1n) is 8.83. The lowest BCUT2D eigenvalue weighted by atomic mass is 10.0. The molecule has 0 spiro atoms. The number of fused-ring (bicyclic) bond motifs is 1. The first kappa shape index (κ1) is 18.2. The quantitative estimate of drug-likeness (QED) is 0.702. The van der Waals surface area contributed by atoms with E-state index in [9.17, 15) is 9.18 Å². The Bertz CT molecular complexity index is 1160. The van der Waals surface area contributed by atoms with Gasteiger partial charge in [0.1, 0.15) is 11.6 Å². The molecule has 1 aromatic heterocycles. The Morgan fingerprint density at radius 2 is 2.04 bits per heavy atom. The highest BCUT2D eigenvalue weighted by molar-refractivity contribution is 6.35. The second-order valence-corrected chi connectivity index (χ2v) is 6.83. The van der Waals surface area contributed by atoms with Gasteiger partial charge in [0, 0.05) is 19.3 Å². The third-order valence-corrected chi connectivity index (χ3v) is 4.81. The summed E-state index contributed by atoms with van der Waals surface area (Å²) in [6, 6.07) is 11.6. The van der Waals surface area contributed by atoms with E-state index >= 15 is 0 Å². The minimum Gasteiger partial charge on any atom is -0.370 e. The fourth-order valence-corrected chi connectivity index (χ4v) is 3.26. The molecule has 1 N–H and O–H groups in total. The monoisotopic (exact) mass is 393 g/mol. The molecular formula is C22H17ClFN3O. The molecule has 6 heteroatoms. The van der Waals surface area contributed by atoms with Gasteiger partial charge in [0.15, 0.2) is 0 Å². The van der Waals surface area contributed by atoms with E-state index in [2.05, 4.69) is 20.9 Å². The standard InChI is InChI=1S/C22H17ClFN3O/c23-19-4-1-3-18-21(19)25-20(26-22(18)28)5-2-12-27-13-10-16(11-14-27)15-6-8-17(24)9-7-15/h1-11,13H,12,14H2,(H,25,26,28)/b5-2+. The van der Waals surface area contributed by atoms with Gasteiger partial charge in [0.05, 0.1) is 15.9 Å². The molecule has 3 aromatic rings. The molecule has 0 radical (unpaired) electrons. The van der Waals surface area contributed by atoms with Crippen LogP contribution in [0.2, 0.25) is 5.02 Å². The molecular weight excluding hydrogens is 377 g/mol. The van der Waals surface area contributed by atoms with Crippen LogP contribution >= 0.6 is 11.6 Å². The number of H-pyrrole nitrogens is 1. The number of para-hydroxylation sites is 1. The molecule has 0 amide bonds. The van der Waals surface area contributed by atoms with Crippen LogP contribution in [0.25, 0.3) is 22.6 Å². The third-order valence-electron chi connectivity index (χ3n) is 4.51. The lowest BCUT2D eigenvalue weighted by molar-refractivity contribution is 0.459. The van der Waals surface area contributed by atoms with Crippen molar-refractivity contribution in [3.63, 3.8) is 0 Å². The van der Waals surface area contributed by atoms with E-state index in [1.807, 2.05) is 18.4 Å². The highest BCUT2D eigenvalue weighted by Crippen LogP contribution is 2.20.